The highest BCUT2D eigenvalue weighted by Crippen LogP contribution is 2.30. The molecule has 0 radical (unpaired) electrons. The minimum atomic E-state index is -0.363. The molecule has 0 unspecified atom stereocenters. The minimum Gasteiger partial charge on any atom is -0.258 e. The van der Waals surface area contributed by atoms with E-state index < -0.39 is 0 Å². The third kappa shape index (κ3) is 2.03. The van der Waals surface area contributed by atoms with Crippen molar-refractivity contribution in [2.24, 2.45) is 0 Å². The molecule has 1 aliphatic rings. The van der Waals surface area contributed by atoms with E-state index in [1.165, 1.54) is 12.5 Å². The topological polar surface area (TPSA) is 56.0 Å². The number of hydrogen-bond donors (Lipinski definition) is 0. The molecule has 0 aliphatic heterocycles. The Bertz CT molecular complexity index is 413. The fraction of sp³-hybridized carbons (Fsp3) is 0.364. The molecule has 0 fully saturated rings. The van der Waals surface area contributed by atoms with Gasteiger partial charge in [0.25, 0.3) is 5.69 Å². The fourth-order valence-electron chi connectivity index (χ4n) is 1.84. The van der Waals surface area contributed by atoms with Crippen molar-refractivity contribution >= 4 is 11.3 Å². The molecule has 0 saturated heterocycles. The molecule has 1 aromatic heterocycles. The van der Waals surface area contributed by atoms with Gasteiger partial charge < -0.3 is 0 Å². The van der Waals surface area contributed by atoms with Crippen molar-refractivity contribution in [3.63, 3.8) is 0 Å². The highest BCUT2D eigenvalue weighted by atomic mass is 16.6. The molecular formula is C11H12N2O2. The van der Waals surface area contributed by atoms with Crippen molar-refractivity contribution in [2.75, 3.05) is 0 Å². The Hall–Kier alpha value is -1.71. The first-order valence-corrected chi connectivity index (χ1v) is 5.08. The molecule has 0 bridgehead atoms. The lowest BCUT2D eigenvalue weighted by Crippen LogP contribution is -2.00. The Morgan fingerprint density at radius 2 is 2.27 bits per heavy atom. The molecule has 0 saturated carbocycles. The second-order valence-electron chi connectivity index (χ2n) is 3.60. The monoisotopic (exact) mass is 204 g/mol. The van der Waals surface area contributed by atoms with Crippen LogP contribution in [0.25, 0.3) is 5.57 Å². The van der Waals surface area contributed by atoms with Crippen molar-refractivity contribution in [1.82, 2.24) is 4.98 Å². The molecule has 0 aromatic carbocycles. The van der Waals surface area contributed by atoms with Gasteiger partial charge in [-0.05, 0) is 37.3 Å². The average Bonchev–Trinajstić information content (AvgIpc) is 2.30. The van der Waals surface area contributed by atoms with Gasteiger partial charge >= 0.3 is 0 Å². The zero-order valence-electron chi connectivity index (χ0n) is 8.35. The summed E-state index contributed by atoms with van der Waals surface area (Å²) in [4.78, 5) is 14.6. The third-order valence-electron chi connectivity index (χ3n) is 2.58. The maximum atomic E-state index is 10.8. The summed E-state index contributed by atoms with van der Waals surface area (Å²) in [6.07, 6.45) is 7.85. The van der Waals surface area contributed by atoms with Crippen LogP contribution in [0, 0.1) is 10.1 Å². The van der Waals surface area contributed by atoms with Crippen LogP contribution in [0.2, 0.25) is 0 Å². The molecule has 0 atom stereocenters. The number of nitrogens with zero attached hydrogens (tertiary/aromatic N) is 2. The summed E-state index contributed by atoms with van der Waals surface area (Å²) in [5, 5.41) is 10.8. The summed E-state index contributed by atoms with van der Waals surface area (Å²) in [6, 6.07) is 3.11. The van der Waals surface area contributed by atoms with E-state index in [9.17, 15) is 10.1 Å². The van der Waals surface area contributed by atoms with Gasteiger partial charge in [0, 0.05) is 12.3 Å². The highest BCUT2D eigenvalue weighted by molar-refractivity contribution is 5.70. The maximum Gasteiger partial charge on any atom is 0.295 e. The van der Waals surface area contributed by atoms with Gasteiger partial charge in [0.2, 0.25) is 0 Å². The van der Waals surface area contributed by atoms with Crippen LogP contribution in [-0.4, -0.2) is 9.91 Å². The van der Waals surface area contributed by atoms with E-state index in [1.807, 2.05) is 0 Å². The second-order valence-corrected chi connectivity index (χ2v) is 3.60. The Labute approximate surface area is 87.8 Å². The van der Waals surface area contributed by atoms with E-state index in [-0.39, 0.29) is 10.6 Å². The van der Waals surface area contributed by atoms with Crippen molar-refractivity contribution in [3.05, 3.63) is 40.2 Å². The molecule has 1 aromatic rings. The quantitative estimate of drug-likeness (QED) is 0.549. The standard InChI is InChI=1S/C11H12N2O2/c14-13(15)10-7-4-8-12-11(10)9-5-2-1-3-6-9/h4-5,7-8H,1-3,6H2. The number of aromatic nitrogens is 1. The molecule has 1 heterocycles. The first-order valence-electron chi connectivity index (χ1n) is 5.08. The van der Waals surface area contributed by atoms with E-state index in [2.05, 4.69) is 11.1 Å². The summed E-state index contributed by atoms with van der Waals surface area (Å²) in [5.41, 5.74) is 1.68. The van der Waals surface area contributed by atoms with E-state index in [4.69, 9.17) is 0 Å². The van der Waals surface area contributed by atoms with Gasteiger partial charge in [-0.2, -0.15) is 0 Å². The van der Waals surface area contributed by atoms with Gasteiger partial charge in [0.05, 0.1) is 4.92 Å². The summed E-state index contributed by atoms with van der Waals surface area (Å²) in [5.74, 6) is 0. The number of nitro groups is 1. The summed E-state index contributed by atoms with van der Waals surface area (Å²) in [7, 11) is 0. The lowest BCUT2D eigenvalue weighted by atomic mass is 9.96. The summed E-state index contributed by atoms with van der Waals surface area (Å²) in [6.45, 7) is 0. The lowest BCUT2D eigenvalue weighted by Gasteiger charge is -2.11. The SMILES string of the molecule is O=[N+]([O-])c1cccnc1C1=CCCCC1. The predicted molar refractivity (Wildman–Crippen MR) is 57.3 cm³/mol. The molecule has 1 aliphatic carbocycles. The van der Waals surface area contributed by atoms with Crippen molar-refractivity contribution in [1.29, 1.82) is 0 Å². The van der Waals surface area contributed by atoms with E-state index in [1.54, 1.807) is 12.3 Å². The number of rotatable bonds is 2. The number of allylic oxidation sites excluding steroid dienone is 2. The Morgan fingerprint density at radius 1 is 1.40 bits per heavy atom. The third-order valence-corrected chi connectivity index (χ3v) is 2.58. The van der Waals surface area contributed by atoms with Gasteiger partial charge in [-0.25, -0.2) is 4.98 Å². The van der Waals surface area contributed by atoms with E-state index in [0.717, 1.165) is 24.8 Å². The number of hydrogen-bond acceptors (Lipinski definition) is 3. The lowest BCUT2D eigenvalue weighted by molar-refractivity contribution is -0.385. The first-order chi connectivity index (χ1) is 7.29. The highest BCUT2D eigenvalue weighted by Gasteiger charge is 2.18. The zero-order valence-corrected chi connectivity index (χ0v) is 8.35. The predicted octanol–water partition coefficient (Wildman–Crippen LogP) is 2.95. The van der Waals surface area contributed by atoms with Crippen LogP contribution in [0.3, 0.4) is 0 Å². The van der Waals surface area contributed by atoms with Gasteiger partial charge in [0.1, 0.15) is 5.69 Å². The van der Waals surface area contributed by atoms with Gasteiger partial charge in [-0.15, -0.1) is 0 Å². The van der Waals surface area contributed by atoms with E-state index >= 15 is 0 Å². The molecule has 0 spiro atoms. The van der Waals surface area contributed by atoms with Crippen LogP contribution in [0.1, 0.15) is 31.4 Å². The van der Waals surface area contributed by atoms with Crippen molar-refractivity contribution in [3.8, 4) is 0 Å². The molecule has 2 rings (SSSR count). The molecule has 15 heavy (non-hydrogen) atoms. The van der Waals surface area contributed by atoms with Gasteiger partial charge in [0.15, 0.2) is 0 Å². The molecular weight excluding hydrogens is 192 g/mol. The van der Waals surface area contributed by atoms with Crippen LogP contribution in [0.4, 0.5) is 5.69 Å². The maximum absolute atomic E-state index is 10.8. The molecule has 4 heteroatoms. The van der Waals surface area contributed by atoms with Gasteiger partial charge in [-0.1, -0.05) is 6.08 Å². The molecule has 0 N–H and O–H groups in total. The minimum absolute atomic E-state index is 0.116. The fourth-order valence-corrected chi connectivity index (χ4v) is 1.84. The average molecular weight is 204 g/mol. The van der Waals surface area contributed by atoms with Crippen LogP contribution < -0.4 is 0 Å². The van der Waals surface area contributed by atoms with Gasteiger partial charge in [-0.3, -0.25) is 10.1 Å². The Kier molecular flexibility index (Phi) is 2.76. The molecule has 4 nitrogen and oxygen atoms in total. The Morgan fingerprint density at radius 3 is 2.93 bits per heavy atom. The van der Waals surface area contributed by atoms with E-state index in [0.29, 0.717) is 5.69 Å². The number of pyridine rings is 1. The summed E-state index contributed by atoms with van der Waals surface area (Å²) < 4.78 is 0. The normalized spacial score (nSPS) is 15.9. The first kappa shape index (κ1) is 9.83. The molecule has 78 valence electrons. The Balaban J connectivity index is 2.42. The van der Waals surface area contributed by atoms with Crippen LogP contribution >= 0.6 is 0 Å². The van der Waals surface area contributed by atoms with Crippen molar-refractivity contribution in [2.45, 2.75) is 25.7 Å². The summed E-state index contributed by atoms with van der Waals surface area (Å²) >= 11 is 0. The molecule has 0 amide bonds. The van der Waals surface area contributed by atoms with Crippen LogP contribution in [0.5, 0.6) is 0 Å². The van der Waals surface area contributed by atoms with Crippen LogP contribution in [-0.2, 0) is 0 Å². The van der Waals surface area contributed by atoms with Crippen molar-refractivity contribution < 1.29 is 4.92 Å². The second kappa shape index (κ2) is 4.21. The smallest absolute Gasteiger partial charge is 0.258 e. The van der Waals surface area contributed by atoms with Crippen LogP contribution in [0.15, 0.2) is 24.4 Å². The zero-order chi connectivity index (χ0) is 10.7. The largest absolute Gasteiger partial charge is 0.295 e.